The molecule has 2 amide bonds. The maximum absolute atomic E-state index is 12.7. The van der Waals surface area contributed by atoms with Gasteiger partial charge in [-0.1, -0.05) is 26.3 Å². The fraction of sp³-hybridized carbons (Fsp3) is 0.684. The number of ether oxygens (including phenoxy) is 1. The molecule has 2 heterocycles. The first-order chi connectivity index (χ1) is 11.5. The van der Waals surface area contributed by atoms with Crippen LogP contribution in [0.3, 0.4) is 0 Å². The zero-order chi connectivity index (χ0) is 17.2. The third kappa shape index (κ3) is 3.27. The Bertz CT molecular complexity index is 569. The summed E-state index contributed by atoms with van der Waals surface area (Å²) in [5.74, 6) is 0. The highest BCUT2D eigenvalue weighted by atomic mass is 16.5. The molecular weight excluding hydrogens is 302 g/mol. The topological polar surface area (TPSA) is 54.5 Å². The van der Waals surface area contributed by atoms with Crippen molar-refractivity contribution in [3.63, 3.8) is 0 Å². The molecule has 1 saturated carbocycles. The highest BCUT2D eigenvalue weighted by Crippen LogP contribution is 2.42. The molecular formula is C19H29N3O2. The third-order valence-corrected chi connectivity index (χ3v) is 5.80. The summed E-state index contributed by atoms with van der Waals surface area (Å²) >= 11 is 0. The Hall–Kier alpha value is -1.62. The zero-order valence-electron chi connectivity index (χ0n) is 15.0. The van der Waals surface area contributed by atoms with Crippen molar-refractivity contribution < 1.29 is 9.53 Å². The van der Waals surface area contributed by atoms with Gasteiger partial charge in [-0.2, -0.15) is 0 Å². The van der Waals surface area contributed by atoms with Crippen molar-refractivity contribution in [2.24, 2.45) is 5.41 Å². The summed E-state index contributed by atoms with van der Waals surface area (Å²) in [7, 11) is 1.76. The Kier molecular flexibility index (Phi) is 4.81. The van der Waals surface area contributed by atoms with Crippen LogP contribution in [-0.4, -0.2) is 48.8 Å². The molecule has 1 N–H and O–H groups in total. The summed E-state index contributed by atoms with van der Waals surface area (Å²) in [5.41, 5.74) is 1.12. The van der Waals surface area contributed by atoms with Crippen LogP contribution in [-0.2, 0) is 10.2 Å². The highest BCUT2D eigenvalue weighted by Gasteiger charge is 2.41. The molecule has 1 aliphatic heterocycles. The van der Waals surface area contributed by atoms with Gasteiger partial charge in [-0.05, 0) is 31.4 Å². The van der Waals surface area contributed by atoms with Gasteiger partial charge in [0.1, 0.15) is 0 Å². The molecule has 132 valence electrons. The van der Waals surface area contributed by atoms with Gasteiger partial charge in [-0.15, -0.1) is 0 Å². The van der Waals surface area contributed by atoms with Gasteiger partial charge in [0.25, 0.3) is 0 Å². The average molecular weight is 331 g/mol. The quantitative estimate of drug-likeness (QED) is 0.923. The number of rotatable bonds is 4. The van der Waals surface area contributed by atoms with E-state index in [1.807, 2.05) is 23.2 Å². The SMILES string of the molecule is COC1CCN(C(=O)NCC2(c3ccccn3)CCC2)CC1(C)C. The summed E-state index contributed by atoms with van der Waals surface area (Å²) in [5, 5.41) is 3.17. The maximum atomic E-state index is 12.7. The molecule has 0 bridgehead atoms. The van der Waals surface area contributed by atoms with E-state index in [0.29, 0.717) is 6.54 Å². The number of methoxy groups -OCH3 is 1. The van der Waals surface area contributed by atoms with E-state index in [1.165, 1.54) is 6.42 Å². The lowest BCUT2D eigenvalue weighted by Gasteiger charge is -2.45. The summed E-state index contributed by atoms with van der Waals surface area (Å²) < 4.78 is 5.57. The maximum Gasteiger partial charge on any atom is 0.317 e. The average Bonchev–Trinajstić information content (AvgIpc) is 2.53. The van der Waals surface area contributed by atoms with Crippen molar-refractivity contribution in [1.29, 1.82) is 0 Å². The standard InChI is InChI=1S/C19H29N3O2/c1-18(2)14-22(12-8-16(18)24-3)17(23)21-13-19(9-6-10-19)15-7-4-5-11-20-15/h4-5,7,11,16H,6,8-10,12-14H2,1-3H3,(H,21,23). The van der Waals surface area contributed by atoms with Gasteiger partial charge in [0.05, 0.1) is 6.10 Å². The Morgan fingerprint density at radius 3 is 2.75 bits per heavy atom. The van der Waals surface area contributed by atoms with Crippen molar-refractivity contribution in [3.8, 4) is 0 Å². The van der Waals surface area contributed by atoms with Gasteiger partial charge >= 0.3 is 6.03 Å². The van der Waals surface area contributed by atoms with E-state index in [-0.39, 0.29) is 23.0 Å². The Labute approximate surface area is 144 Å². The number of likely N-dealkylation sites (tertiary alicyclic amines) is 1. The molecule has 5 heteroatoms. The van der Waals surface area contributed by atoms with E-state index in [0.717, 1.165) is 38.0 Å². The van der Waals surface area contributed by atoms with Crippen molar-refractivity contribution in [2.75, 3.05) is 26.7 Å². The first kappa shape index (κ1) is 17.2. The molecule has 1 aromatic rings. The van der Waals surface area contributed by atoms with Gasteiger partial charge in [0.2, 0.25) is 0 Å². The summed E-state index contributed by atoms with van der Waals surface area (Å²) in [6.45, 7) is 6.50. The molecule has 1 saturated heterocycles. The molecule has 3 rings (SSSR count). The minimum atomic E-state index is -0.0144. The van der Waals surface area contributed by atoms with Crippen LogP contribution in [0, 0.1) is 5.41 Å². The highest BCUT2D eigenvalue weighted by molar-refractivity contribution is 5.74. The van der Waals surface area contributed by atoms with E-state index >= 15 is 0 Å². The number of piperidine rings is 1. The smallest absolute Gasteiger partial charge is 0.317 e. The van der Waals surface area contributed by atoms with E-state index in [1.54, 1.807) is 7.11 Å². The second-order valence-corrected chi connectivity index (χ2v) is 7.93. The summed E-state index contributed by atoms with van der Waals surface area (Å²) in [6.07, 6.45) is 6.35. The predicted molar refractivity (Wildman–Crippen MR) is 93.9 cm³/mol. The molecule has 1 aliphatic carbocycles. The van der Waals surface area contributed by atoms with E-state index in [9.17, 15) is 4.79 Å². The predicted octanol–water partition coefficient (Wildman–Crippen LogP) is 2.96. The number of nitrogens with zero attached hydrogens (tertiary/aromatic N) is 2. The molecule has 1 atom stereocenters. The molecule has 2 aliphatic rings. The van der Waals surface area contributed by atoms with Gasteiger partial charge in [-0.25, -0.2) is 4.79 Å². The van der Waals surface area contributed by atoms with Crippen molar-refractivity contribution in [3.05, 3.63) is 30.1 Å². The molecule has 2 fully saturated rings. The first-order valence-corrected chi connectivity index (χ1v) is 8.94. The molecule has 0 radical (unpaired) electrons. The lowest BCUT2D eigenvalue weighted by Crippen LogP contribution is -2.56. The fourth-order valence-electron chi connectivity index (χ4n) is 4.11. The van der Waals surface area contributed by atoms with Gasteiger partial charge in [0, 0.05) is 49.5 Å². The first-order valence-electron chi connectivity index (χ1n) is 8.94. The van der Waals surface area contributed by atoms with Gasteiger partial charge in [-0.3, -0.25) is 4.98 Å². The number of amides is 2. The summed E-state index contributed by atoms with van der Waals surface area (Å²) in [4.78, 5) is 19.1. The minimum absolute atomic E-state index is 0.0144. The fourth-order valence-corrected chi connectivity index (χ4v) is 4.11. The second-order valence-electron chi connectivity index (χ2n) is 7.93. The van der Waals surface area contributed by atoms with Crippen LogP contribution in [0.2, 0.25) is 0 Å². The summed E-state index contributed by atoms with van der Waals surface area (Å²) in [6, 6.07) is 6.09. The van der Waals surface area contributed by atoms with Crippen molar-refractivity contribution in [1.82, 2.24) is 15.2 Å². The molecule has 1 unspecified atom stereocenters. The number of carbonyl (C=O) groups excluding carboxylic acids is 1. The van der Waals surface area contributed by atoms with E-state index in [2.05, 4.69) is 30.2 Å². The zero-order valence-corrected chi connectivity index (χ0v) is 15.0. The van der Waals surface area contributed by atoms with Crippen LogP contribution in [0.25, 0.3) is 0 Å². The monoisotopic (exact) mass is 331 g/mol. The molecule has 0 aromatic carbocycles. The Morgan fingerprint density at radius 1 is 1.42 bits per heavy atom. The van der Waals surface area contributed by atoms with E-state index in [4.69, 9.17) is 4.74 Å². The van der Waals surface area contributed by atoms with Crippen LogP contribution in [0.15, 0.2) is 24.4 Å². The number of hydrogen-bond donors (Lipinski definition) is 1. The van der Waals surface area contributed by atoms with Crippen LogP contribution in [0.5, 0.6) is 0 Å². The van der Waals surface area contributed by atoms with Gasteiger partial charge < -0.3 is 15.0 Å². The number of carbonyl (C=O) groups is 1. The number of aromatic nitrogens is 1. The lowest BCUT2D eigenvalue weighted by atomic mass is 9.66. The van der Waals surface area contributed by atoms with Gasteiger partial charge in [0.15, 0.2) is 0 Å². The third-order valence-electron chi connectivity index (χ3n) is 5.80. The van der Waals surface area contributed by atoms with Crippen LogP contribution in [0.4, 0.5) is 4.79 Å². The second kappa shape index (κ2) is 6.71. The molecule has 1 aromatic heterocycles. The number of nitrogens with one attached hydrogen (secondary N) is 1. The lowest BCUT2D eigenvalue weighted by molar-refractivity contribution is -0.0408. The number of pyridine rings is 1. The number of urea groups is 1. The minimum Gasteiger partial charge on any atom is -0.381 e. The molecule has 0 spiro atoms. The molecule has 5 nitrogen and oxygen atoms in total. The van der Waals surface area contributed by atoms with Crippen molar-refractivity contribution in [2.45, 2.75) is 51.0 Å². The largest absolute Gasteiger partial charge is 0.381 e. The number of hydrogen-bond acceptors (Lipinski definition) is 3. The van der Waals surface area contributed by atoms with E-state index < -0.39 is 0 Å². The van der Waals surface area contributed by atoms with Crippen LogP contribution < -0.4 is 5.32 Å². The normalized spacial score (nSPS) is 25.0. The van der Waals surface area contributed by atoms with Crippen LogP contribution in [0.1, 0.15) is 45.2 Å². The van der Waals surface area contributed by atoms with Crippen LogP contribution >= 0.6 is 0 Å². The molecule has 24 heavy (non-hydrogen) atoms. The Morgan fingerprint density at radius 2 is 2.21 bits per heavy atom. The van der Waals surface area contributed by atoms with Crippen molar-refractivity contribution >= 4 is 6.03 Å². The Balaban J connectivity index is 1.60.